The third kappa shape index (κ3) is 2.54. The van der Waals surface area contributed by atoms with Crippen molar-refractivity contribution in [2.24, 2.45) is 0 Å². The number of halogens is 3. The molecule has 1 fully saturated rings. The van der Waals surface area contributed by atoms with Crippen molar-refractivity contribution in [2.75, 3.05) is 6.61 Å². The molecule has 4 rings (SSSR count). The minimum atomic E-state index is -3.26. The number of amides is 1. The van der Waals surface area contributed by atoms with E-state index in [1.165, 1.54) is 10.8 Å². The summed E-state index contributed by atoms with van der Waals surface area (Å²) in [5.41, 5.74) is -2.63. The first kappa shape index (κ1) is 18.3. The second-order valence-electron chi connectivity index (χ2n) is 7.08. The van der Waals surface area contributed by atoms with E-state index in [1.54, 1.807) is 6.92 Å². The molecule has 7 nitrogen and oxygen atoms in total. The Morgan fingerprint density at radius 1 is 1.39 bits per heavy atom. The summed E-state index contributed by atoms with van der Waals surface area (Å²) in [4.78, 5) is 35.4. The average Bonchev–Trinajstić information content (AvgIpc) is 3.39. The van der Waals surface area contributed by atoms with Crippen LogP contribution >= 0.6 is 0 Å². The van der Waals surface area contributed by atoms with Crippen LogP contribution in [0.4, 0.5) is 13.2 Å². The fourth-order valence-electron chi connectivity index (χ4n) is 3.68. The molecular weight excluding hydrogens is 381 g/mol. The molecule has 1 amide bonds. The zero-order valence-corrected chi connectivity index (χ0v) is 14.6. The highest BCUT2D eigenvalue weighted by molar-refractivity contribution is 5.95. The highest BCUT2D eigenvalue weighted by Crippen LogP contribution is 2.52. The molecule has 1 aromatic heterocycles. The van der Waals surface area contributed by atoms with Crippen molar-refractivity contribution >= 4 is 22.8 Å². The largest absolute Gasteiger partial charge is 0.489 e. The number of rotatable bonds is 4. The van der Waals surface area contributed by atoms with E-state index in [4.69, 9.17) is 4.74 Å². The van der Waals surface area contributed by atoms with Gasteiger partial charge in [-0.2, -0.15) is 8.78 Å². The first-order valence-corrected chi connectivity index (χ1v) is 8.54. The molecule has 2 aliphatic rings. The van der Waals surface area contributed by atoms with Gasteiger partial charge in [0.1, 0.15) is 18.0 Å². The third-order valence-electron chi connectivity index (χ3n) is 5.19. The van der Waals surface area contributed by atoms with Gasteiger partial charge in [-0.3, -0.25) is 9.59 Å². The first-order valence-electron chi connectivity index (χ1n) is 8.54. The van der Waals surface area contributed by atoms with Crippen LogP contribution in [0, 0.1) is 5.82 Å². The maximum atomic E-state index is 15.0. The Morgan fingerprint density at radius 2 is 2.07 bits per heavy atom. The van der Waals surface area contributed by atoms with Crippen LogP contribution in [0.25, 0.3) is 10.9 Å². The number of hydrogen-bond donors (Lipinski definition) is 2. The lowest BCUT2D eigenvalue weighted by molar-refractivity contribution is -0.132. The molecule has 2 heterocycles. The van der Waals surface area contributed by atoms with Gasteiger partial charge in [0.05, 0.1) is 28.0 Å². The zero-order chi connectivity index (χ0) is 20.4. The lowest BCUT2D eigenvalue weighted by atomic mass is 9.97. The number of benzene rings is 1. The molecule has 0 unspecified atom stereocenters. The third-order valence-corrected chi connectivity index (χ3v) is 5.19. The van der Waals surface area contributed by atoms with Gasteiger partial charge >= 0.3 is 12.4 Å². The van der Waals surface area contributed by atoms with Crippen molar-refractivity contribution in [1.82, 2.24) is 9.88 Å². The molecule has 1 aromatic carbocycles. The number of carboxylic acids is 1. The van der Waals surface area contributed by atoms with Crippen LogP contribution in [0.15, 0.2) is 17.1 Å². The summed E-state index contributed by atoms with van der Waals surface area (Å²) in [7, 11) is 0. The normalized spacial score (nSPS) is 19.4. The van der Waals surface area contributed by atoms with Crippen LogP contribution in [0.5, 0.6) is 5.75 Å². The summed E-state index contributed by atoms with van der Waals surface area (Å²) in [6.45, 7) is 1.78. The molecule has 1 atom stereocenters. The van der Waals surface area contributed by atoms with Crippen molar-refractivity contribution < 1.29 is 32.6 Å². The number of ether oxygens (including phenoxy) is 1. The van der Waals surface area contributed by atoms with E-state index in [2.05, 4.69) is 5.32 Å². The molecule has 10 heteroatoms. The smallest absolute Gasteiger partial charge is 0.341 e. The highest BCUT2D eigenvalue weighted by atomic mass is 19.3. The Hall–Kier alpha value is -3.04. The van der Waals surface area contributed by atoms with Gasteiger partial charge in [-0.1, -0.05) is 0 Å². The summed E-state index contributed by atoms with van der Waals surface area (Å²) in [5.74, 6) is -3.92. The summed E-state index contributed by atoms with van der Waals surface area (Å²) in [6, 6.07) is 0.535. The molecule has 0 saturated heterocycles. The van der Waals surface area contributed by atoms with Crippen LogP contribution in [0.3, 0.4) is 0 Å². The van der Waals surface area contributed by atoms with E-state index in [0.717, 1.165) is 6.07 Å². The van der Waals surface area contributed by atoms with E-state index in [9.17, 15) is 28.3 Å². The second-order valence-corrected chi connectivity index (χ2v) is 7.08. The average molecular weight is 396 g/mol. The molecule has 0 bridgehead atoms. The van der Waals surface area contributed by atoms with Crippen molar-refractivity contribution in [2.45, 2.75) is 37.8 Å². The molecule has 1 aliphatic heterocycles. The lowest BCUT2D eigenvalue weighted by Crippen LogP contribution is -2.40. The number of nitrogens with one attached hydrogen (secondary N) is 1. The summed E-state index contributed by atoms with van der Waals surface area (Å²) >= 11 is 0. The number of nitrogens with zero attached hydrogens (tertiary/aromatic N) is 1. The summed E-state index contributed by atoms with van der Waals surface area (Å²) < 4.78 is 47.6. The molecule has 2 N–H and O–H groups in total. The molecule has 0 spiro atoms. The number of aromatic carboxylic acids is 1. The van der Waals surface area contributed by atoms with E-state index in [1.807, 2.05) is 0 Å². The van der Waals surface area contributed by atoms with E-state index in [0.29, 0.717) is 0 Å². The molecule has 0 radical (unpaired) electrons. The predicted octanol–water partition coefficient (Wildman–Crippen LogP) is 2.16. The number of carbonyl (C=O) groups is 2. The van der Waals surface area contributed by atoms with Crippen LogP contribution in [-0.2, 0) is 10.3 Å². The van der Waals surface area contributed by atoms with E-state index >= 15 is 4.39 Å². The Bertz CT molecular complexity index is 1090. The van der Waals surface area contributed by atoms with Gasteiger partial charge in [0.25, 0.3) is 5.91 Å². The van der Waals surface area contributed by atoms with Crippen molar-refractivity contribution in [3.8, 4) is 5.75 Å². The molecular formula is C18H15F3N2O5. The van der Waals surface area contributed by atoms with Gasteiger partial charge in [0.2, 0.25) is 5.43 Å². The molecule has 1 aliphatic carbocycles. The SMILES string of the molecule is C[C@H]1COc2c(C3(NC(=O)C(F)F)CC3)c(F)cc3c(=O)c(C(=O)O)cn1c23. The summed E-state index contributed by atoms with van der Waals surface area (Å²) in [6.07, 6.45) is -1.62. The second kappa shape index (κ2) is 5.98. The topological polar surface area (TPSA) is 97.6 Å². The van der Waals surface area contributed by atoms with Crippen LogP contribution < -0.4 is 15.5 Å². The monoisotopic (exact) mass is 396 g/mol. The van der Waals surface area contributed by atoms with Crippen LogP contribution in [-0.4, -0.2) is 34.6 Å². The number of carboxylic acid groups (broad SMARTS) is 1. The standard InChI is InChI=1S/C18H15F3N2O5/c1-7-6-28-14-11(18(2-3-18)22-16(25)15(20)21)10(19)4-8-12(14)23(7)5-9(13(8)24)17(26)27/h4-5,7,15H,2-3,6H2,1H3,(H,22,25)(H,26,27)/t7-/m0/s1. The molecule has 28 heavy (non-hydrogen) atoms. The number of alkyl halides is 2. The van der Waals surface area contributed by atoms with E-state index < -0.39 is 40.7 Å². The minimum Gasteiger partial charge on any atom is -0.489 e. The Morgan fingerprint density at radius 3 is 2.64 bits per heavy atom. The summed E-state index contributed by atoms with van der Waals surface area (Å²) in [5, 5.41) is 11.3. The van der Waals surface area contributed by atoms with Gasteiger partial charge in [-0.05, 0) is 25.8 Å². The zero-order valence-electron chi connectivity index (χ0n) is 14.6. The molecule has 148 valence electrons. The lowest BCUT2D eigenvalue weighted by Gasteiger charge is -2.31. The van der Waals surface area contributed by atoms with Gasteiger partial charge in [-0.15, -0.1) is 0 Å². The molecule has 2 aromatic rings. The Labute approximate surface area is 155 Å². The predicted molar refractivity (Wildman–Crippen MR) is 90.4 cm³/mol. The Kier molecular flexibility index (Phi) is 3.91. The van der Waals surface area contributed by atoms with Crippen molar-refractivity contribution in [3.05, 3.63) is 39.4 Å². The number of pyridine rings is 1. The van der Waals surface area contributed by atoms with Gasteiger partial charge in [-0.25, -0.2) is 9.18 Å². The number of carbonyl (C=O) groups excluding carboxylic acids is 1. The Balaban J connectivity index is 2.01. The maximum Gasteiger partial charge on any atom is 0.341 e. The maximum absolute atomic E-state index is 15.0. The van der Waals surface area contributed by atoms with Crippen molar-refractivity contribution in [3.63, 3.8) is 0 Å². The highest BCUT2D eigenvalue weighted by Gasteiger charge is 2.51. The van der Waals surface area contributed by atoms with Crippen LogP contribution in [0.2, 0.25) is 0 Å². The van der Waals surface area contributed by atoms with Crippen LogP contribution in [0.1, 0.15) is 41.7 Å². The van der Waals surface area contributed by atoms with Crippen molar-refractivity contribution in [1.29, 1.82) is 0 Å². The number of aromatic nitrogens is 1. The van der Waals surface area contributed by atoms with Gasteiger partial charge < -0.3 is 19.7 Å². The minimum absolute atomic E-state index is 0.0331. The van der Waals surface area contributed by atoms with E-state index in [-0.39, 0.29) is 47.7 Å². The first-order chi connectivity index (χ1) is 13.2. The fraction of sp³-hybridized carbons (Fsp3) is 0.389. The van der Waals surface area contributed by atoms with Gasteiger partial charge in [0, 0.05) is 6.20 Å². The fourth-order valence-corrected chi connectivity index (χ4v) is 3.68. The quantitative estimate of drug-likeness (QED) is 0.826. The number of hydrogen-bond acceptors (Lipinski definition) is 4. The van der Waals surface area contributed by atoms with Gasteiger partial charge in [0.15, 0.2) is 5.75 Å². The molecule has 1 saturated carbocycles.